The number of hydrogen-bond donors (Lipinski definition) is 3. The molecule has 0 radical (unpaired) electrons. The molecule has 4 aromatic rings. The highest BCUT2D eigenvalue weighted by atomic mass is 16.1. The summed E-state index contributed by atoms with van der Waals surface area (Å²) in [5.74, 6) is 1.14. The Labute approximate surface area is 157 Å². The van der Waals surface area contributed by atoms with Crippen LogP contribution in [-0.4, -0.2) is 26.1 Å². The number of carbonyl (C=O) groups excluding carboxylic acids is 1. The van der Waals surface area contributed by atoms with Crippen molar-refractivity contribution < 1.29 is 4.79 Å². The fraction of sp³-hybridized carbons (Fsp3) is 0.190. The third-order valence-electron chi connectivity index (χ3n) is 4.68. The predicted molar refractivity (Wildman–Crippen MR) is 107 cm³/mol. The number of carbonyl (C=O) groups is 1. The Morgan fingerprint density at radius 3 is 2.67 bits per heavy atom. The summed E-state index contributed by atoms with van der Waals surface area (Å²) < 4.78 is 0. The smallest absolute Gasteiger partial charge is 0.225 e. The number of aromatic nitrogens is 4. The molecule has 2 heterocycles. The molecular formula is C21H21N5O. The lowest BCUT2D eigenvalue weighted by atomic mass is 10.1. The van der Waals surface area contributed by atoms with Crippen LogP contribution in [0.5, 0.6) is 0 Å². The minimum absolute atomic E-state index is 0.0623. The van der Waals surface area contributed by atoms with Crippen molar-refractivity contribution in [2.45, 2.75) is 26.7 Å². The van der Waals surface area contributed by atoms with Gasteiger partial charge in [-0.1, -0.05) is 30.3 Å². The molecule has 2 aromatic carbocycles. The highest BCUT2D eigenvalue weighted by Crippen LogP contribution is 2.23. The van der Waals surface area contributed by atoms with Gasteiger partial charge >= 0.3 is 0 Å². The molecule has 0 aliphatic carbocycles. The van der Waals surface area contributed by atoms with Crippen LogP contribution >= 0.6 is 0 Å². The van der Waals surface area contributed by atoms with E-state index in [-0.39, 0.29) is 5.91 Å². The molecule has 0 saturated heterocycles. The molecular weight excluding hydrogens is 338 g/mol. The van der Waals surface area contributed by atoms with Crippen molar-refractivity contribution in [2.24, 2.45) is 0 Å². The van der Waals surface area contributed by atoms with E-state index in [4.69, 9.17) is 0 Å². The topological polar surface area (TPSA) is 86.5 Å². The first-order chi connectivity index (χ1) is 13.1. The van der Waals surface area contributed by atoms with Crippen molar-refractivity contribution in [3.05, 3.63) is 65.2 Å². The summed E-state index contributed by atoms with van der Waals surface area (Å²) in [7, 11) is 0. The van der Waals surface area contributed by atoms with E-state index in [0.29, 0.717) is 24.5 Å². The Morgan fingerprint density at radius 1 is 1.07 bits per heavy atom. The molecule has 6 nitrogen and oxygen atoms in total. The van der Waals surface area contributed by atoms with E-state index >= 15 is 0 Å². The van der Waals surface area contributed by atoms with Crippen LogP contribution in [0.2, 0.25) is 0 Å². The van der Waals surface area contributed by atoms with Crippen molar-refractivity contribution in [1.29, 1.82) is 0 Å². The maximum Gasteiger partial charge on any atom is 0.225 e. The highest BCUT2D eigenvalue weighted by molar-refractivity contribution is 5.90. The SMILES string of the molecule is Cc1cc2nc(-c3cc(NC(=O)CCc4ccccc4)n[nH]3)[nH]c2cc1C. The van der Waals surface area contributed by atoms with E-state index in [1.807, 2.05) is 30.3 Å². The Kier molecular flexibility index (Phi) is 4.46. The lowest BCUT2D eigenvalue weighted by Crippen LogP contribution is -2.12. The van der Waals surface area contributed by atoms with Crippen molar-refractivity contribution in [2.75, 3.05) is 5.32 Å². The number of rotatable bonds is 5. The zero-order valence-electron chi connectivity index (χ0n) is 15.3. The summed E-state index contributed by atoms with van der Waals surface area (Å²) in [5.41, 5.74) is 6.19. The quantitative estimate of drug-likeness (QED) is 0.500. The Hall–Kier alpha value is -3.41. The first kappa shape index (κ1) is 17.0. The number of nitrogens with zero attached hydrogens (tertiary/aromatic N) is 2. The molecule has 0 aliphatic rings. The minimum Gasteiger partial charge on any atom is -0.337 e. The van der Waals surface area contributed by atoms with Gasteiger partial charge in [-0.05, 0) is 49.1 Å². The summed E-state index contributed by atoms with van der Waals surface area (Å²) in [5, 5.41) is 9.94. The third kappa shape index (κ3) is 3.74. The van der Waals surface area contributed by atoms with Gasteiger partial charge in [0.2, 0.25) is 5.91 Å². The van der Waals surface area contributed by atoms with Gasteiger partial charge in [0, 0.05) is 12.5 Å². The number of hydrogen-bond acceptors (Lipinski definition) is 3. The van der Waals surface area contributed by atoms with Crippen LogP contribution in [-0.2, 0) is 11.2 Å². The molecule has 0 bridgehead atoms. The third-order valence-corrected chi connectivity index (χ3v) is 4.68. The number of anilines is 1. The number of aromatic amines is 2. The molecule has 4 rings (SSSR count). The Bertz CT molecular complexity index is 1060. The zero-order valence-corrected chi connectivity index (χ0v) is 15.3. The zero-order chi connectivity index (χ0) is 18.8. The molecule has 1 amide bonds. The summed E-state index contributed by atoms with van der Waals surface area (Å²) >= 11 is 0. The lowest BCUT2D eigenvalue weighted by Gasteiger charge is -2.01. The van der Waals surface area contributed by atoms with Gasteiger partial charge in [-0.2, -0.15) is 5.10 Å². The molecule has 0 unspecified atom stereocenters. The van der Waals surface area contributed by atoms with Gasteiger partial charge < -0.3 is 10.3 Å². The molecule has 0 saturated carbocycles. The van der Waals surface area contributed by atoms with Crippen LogP contribution in [0.15, 0.2) is 48.5 Å². The number of H-pyrrole nitrogens is 2. The van der Waals surface area contributed by atoms with Crippen LogP contribution in [0, 0.1) is 13.8 Å². The first-order valence-electron chi connectivity index (χ1n) is 8.95. The molecule has 0 fully saturated rings. The predicted octanol–water partition coefficient (Wildman–Crippen LogP) is 4.14. The second-order valence-electron chi connectivity index (χ2n) is 6.74. The Balaban J connectivity index is 1.44. The maximum atomic E-state index is 12.2. The van der Waals surface area contributed by atoms with Gasteiger partial charge in [0.1, 0.15) is 5.69 Å². The minimum atomic E-state index is -0.0623. The van der Waals surface area contributed by atoms with Crippen molar-refractivity contribution in [1.82, 2.24) is 20.2 Å². The number of imidazole rings is 1. The lowest BCUT2D eigenvalue weighted by molar-refractivity contribution is -0.116. The van der Waals surface area contributed by atoms with E-state index in [1.165, 1.54) is 11.1 Å². The van der Waals surface area contributed by atoms with Crippen LogP contribution in [0.1, 0.15) is 23.1 Å². The monoisotopic (exact) mass is 359 g/mol. The van der Waals surface area contributed by atoms with Gasteiger partial charge in [-0.15, -0.1) is 0 Å². The van der Waals surface area contributed by atoms with Crippen LogP contribution in [0.25, 0.3) is 22.6 Å². The van der Waals surface area contributed by atoms with Crippen molar-refractivity contribution in [3.63, 3.8) is 0 Å². The van der Waals surface area contributed by atoms with E-state index in [2.05, 4.69) is 51.5 Å². The Morgan fingerprint density at radius 2 is 1.85 bits per heavy atom. The normalized spacial score (nSPS) is 11.0. The molecule has 3 N–H and O–H groups in total. The van der Waals surface area contributed by atoms with Gasteiger partial charge in [-0.3, -0.25) is 9.89 Å². The van der Waals surface area contributed by atoms with E-state index < -0.39 is 0 Å². The molecule has 6 heteroatoms. The highest BCUT2D eigenvalue weighted by Gasteiger charge is 2.11. The number of benzene rings is 2. The van der Waals surface area contributed by atoms with Gasteiger partial charge in [0.15, 0.2) is 11.6 Å². The van der Waals surface area contributed by atoms with E-state index in [0.717, 1.165) is 22.3 Å². The molecule has 27 heavy (non-hydrogen) atoms. The molecule has 0 aliphatic heterocycles. The van der Waals surface area contributed by atoms with Crippen molar-refractivity contribution >= 4 is 22.8 Å². The van der Waals surface area contributed by atoms with E-state index in [9.17, 15) is 4.79 Å². The van der Waals surface area contributed by atoms with Crippen LogP contribution in [0.3, 0.4) is 0 Å². The molecule has 2 aromatic heterocycles. The first-order valence-corrected chi connectivity index (χ1v) is 8.95. The van der Waals surface area contributed by atoms with Crippen molar-refractivity contribution in [3.8, 4) is 11.5 Å². The fourth-order valence-electron chi connectivity index (χ4n) is 3.01. The number of nitrogens with one attached hydrogen (secondary N) is 3. The number of aryl methyl sites for hydroxylation is 3. The maximum absolute atomic E-state index is 12.2. The van der Waals surface area contributed by atoms with Crippen LogP contribution < -0.4 is 5.32 Å². The molecule has 0 spiro atoms. The van der Waals surface area contributed by atoms with Crippen LogP contribution in [0.4, 0.5) is 5.82 Å². The summed E-state index contributed by atoms with van der Waals surface area (Å²) in [6, 6.07) is 15.9. The summed E-state index contributed by atoms with van der Waals surface area (Å²) in [6.07, 6.45) is 1.11. The van der Waals surface area contributed by atoms with Gasteiger partial charge in [-0.25, -0.2) is 4.98 Å². The van der Waals surface area contributed by atoms with E-state index in [1.54, 1.807) is 6.07 Å². The average Bonchev–Trinajstić information content (AvgIpc) is 3.28. The molecule has 0 atom stereocenters. The number of fused-ring (bicyclic) bond motifs is 1. The standard InChI is InChI=1S/C21H21N5O/c1-13-10-16-17(11-14(13)2)23-21(22-16)18-12-19(26-25-18)24-20(27)9-8-15-6-4-3-5-7-15/h3-7,10-12H,8-9H2,1-2H3,(H,22,23)(H2,24,25,26,27). The van der Waals surface area contributed by atoms with Gasteiger partial charge in [0.25, 0.3) is 0 Å². The number of amides is 1. The molecule has 136 valence electrons. The second-order valence-corrected chi connectivity index (χ2v) is 6.74. The average molecular weight is 359 g/mol. The fourth-order valence-corrected chi connectivity index (χ4v) is 3.01. The summed E-state index contributed by atoms with van der Waals surface area (Å²) in [6.45, 7) is 4.15. The summed E-state index contributed by atoms with van der Waals surface area (Å²) in [4.78, 5) is 20.1. The largest absolute Gasteiger partial charge is 0.337 e. The van der Waals surface area contributed by atoms with Gasteiger partial charge in [0.05, 0.1) is 11.0 Å². The second kappa shape index (κ2) is 7.07.